The van der Waals surface area contributed by atoms with Gasteiger partial charge in [-0.1, -0.05) is 60.7 Å². The number of nitrogens with one attached hydrogen (secondary N) is 1. The molecule has 130 valence electrons. The first-order valence-corrected chi connectivity index (χ1v) is 7.25. The molecule has 3 nitrogen and oxygen atoms in total. The Labute approximate surface area is 141 Å². The summed E-state index contributed by atoms with van der Waals surface area (Å²) in [5.74, 6) is -1.71. The van der Waals surface area contributed by atoms with Crippen LogP contribution in [0.5, 0.6) is 0 Å². The predicted octanol–water partition coefficient (Wildman–Crippen LogP) is 4.01. The first-order chi connectivity index (χ1) is 12.0. The van der Waals surface area contributed by atoms with Crippen LogP contribution in [-0.4, -0.2) is 24.3 Å². The van der Waals surface area contributed by atoms with Crippen molar-refractivity contribution >= 4 is 11.5 Å². The number of alkyl halides is 4. The summed E-state index contributed by atoms with van der Waals surface area (Å²) >= 11 is 0. The number of allylic oxidation sites excluding steroid dienone is 2. The number of hydrazone groups is 1. The topological polar surface area (TPSA) is 41.5 Å². The Bertz CT molecular complexity index is 718. The molecule has 0 saturated heterocycles. The first kappa shape index (κ1) is 18.4. The van der Waals surface area contributed by atoms with E-state index in [4.69, 9.17) is 0 Å². The molecule has 0 atom stereocenters. The van der Waals surface area contributed by atoms with Crippen LogP contribution in [0.4, 0.5) is 17.6 Å². The third-order valence-corrected chi connectivity index (χ3v) is 3.14. The molecule has 0 fully saturated rings. The molecule has 0 aliphatic rings. The van der Waals surface area contributed by atoms with Crippen molar-refractivity contribution in [3.05, 3.63) is 83.6 Å². The van der Waals surface area contributed by atoms with Crippen LogP contribution in [0.25, 0.3) is 0 Å². The van der Waals surface area contributed by atoms with E-state index in [0.29, 0.717) is 16.8 Å². The second-order valence-electron chi connectivity index (χ2n) is 4.91. The molecule has 0 amide bonds. The van der Waals surface area contributed by atoms with E-state index in [1.54, 1.807) is 60.7 Å². The lowest BCUT2D eigenvalue weighted by Crippen LogP contribution is -2.20. The summed E-state index contributed by atoms with van der Waals surface area (Å²) in [4.78, 5) is 11.0. The van der Waals surface area contributed by atoms with Crippen LogP contribution in [-0.2, 0) is 4.79 Å². The molecule has 0 bridgehead atoms. The predicted molar refractivity (Wildman–Crippen MR) is 86.8 cm³/mol. The number of carbonyl (C=O) groups excluding carboxylic acids is 1. The molecule has 0 unspecified atom stereocenters. The number of ketones is 1. The van der Waals surface area contributed by atoms with Crippen LogP contribution >= 0.6 is 0 Å². The van der Waals surface area contributed by atoms with Gasteiger partial charge in [-0.05, 0) is 0 Å². The second kappa shape index (κ2) is 8.77. The largest absolute Gasteiger partial charge is 0.299 e. The fourth-order valence-electron chi connectivity index (χ4n) is 1.97. The molecule has 1 N–H and O–H groups in total. The molecule has 2 rings (SSSR count). The summed E-state index contributed by atoms with van der Waals surface area (Å²) in [7, 11) is 0. The quantitative estimate of drug-likeness (QED) is 0.355. The molecule has 0 aliphatic heterocycles. The van der Waals surface area contributed by atoms with Crippen LogP contribution in [0.1, 0.15) is 11.1 Å². The number of benzene rings is 2. The summed E-state index contributed by atoms with van der Waals surface area (Å²) in [6.07, 6.45) is -6.34. The van der Waals surface area contributed by atoms with Gasteiger partial charge < -0.3 is 0 Å². The summed E-state index contributed by atoms with van der Waals surface area (Å²) in [5, 5.41) is 3.92. The van der Waals surface area contributed by atoms with Crippen LogP contribution in [0.15, 0.2) is 77.5 Å². The zero-order chi connectivity index (χ0) is 18.2. The standard InChI is InChI=1S/C18H14F4N2O/c19-17(20)14(11-15(25)18(21)22)23-24-16(12-7-3-1-4-8-12)13-9-5-2-6-10-13/h1-11,17-18,23H. The summed E-state index contributed by atoms with van der Waals surface area (Å²) in [5.41, 5.74) is 2.66. The van der Waals surface area contributed by atoms with Crippen LogP contribution in [0, 0.1) is 0 Å². The Balaban J connectivity index is 2.38. The van der Waals surface area contributed by atoms with Gasteiger partial charge in [0.1, 0.15) is 5.70 Å². The maximum absolute atomic E-state index is 13.0. The number of hydrogen-bond acceptors (Lipinski definition) is 3. The average molecular weight is 350 g/mol. The van der Waals surface area contributed by atoms with Gasteiger partial charge in [-0.15, -0.1) is 0 Å². The Morgan fingerprint density at radius 1 is 0.840 bits per heavy atom. The first-order valence-electron chi connectivity index (χ1n) is 7.25. The van der Waals surface area contributed by atoms with Gasteiger partial charge in [0, 0.05) is 17.2 Å². The molecule has 0 radical (unpaired) electrons. The van der Waals surface area contributed by atoms with E-state index >= 15 is 0 Å². The van der Waals surface area contributed by atoms with Gasteiger partial charge in [0.15, 0.2) is 0 Å². The number of rotatable bonds is 7. The highest BCUT2D eigenvalue weighted by atomic mass is 19.3. The monoisotopic (exact) mass is 350 g/mol. The van der Waals surface area contributed by atoms with E-state index in [1.165, 1.54) is 0 Å². The van der Waals surface area contributed by atoms with Gasteiger partial charge in [0.05, 0.1) is 5.71 Å². The molecule has 25 heavy (non-hydrogen) atoms. The Hall–Kier alpha value is -2.96. The van der Waals surface area contributed by atoms with E-state index in [9.17, 15) is 22.4 Å². The minimum absolute atomic E-state index is 0.173. The zero-order valence-electron chi connectivity index (χ0n) is 12.9. The lowest BCUT2D eigenvalue weighted by atomic mass is 10.0. The Morgan fingerprint density at radius 3 is 1.72 bits per heavy atom. The van der Waals surface area contributed by atoms with E-state index in [0.717, 1.165) is 0 Å². The van der Waals surface area contributed by atoms with Crippen molar-refractivity contribution in [3.63, 3.8) is 0 Å². The minimum Gasteiger partial charge on any atom is -0.288 e. The van der Waals surface area contributed by atoms with Crippen molar-refractivity contribution in [2.24, 2.45) is 5.10 Å². The van der Waals surface area contributed by atoms with Crippen molar-refractivity contribution in [1.29, 1.82) is 0 Å². The molecule has 0 heterocycles. The Kier molecular flexibility index (Phi) is 6.45. The molecule has 0 aliphatic carbocycles. The molecule has 2 aromatic carbocycles. The van der Waals surface area contributed by atoms with Crippen molar-refractivity contribution in [1.82, 2.24) is 5.43 Å². The lowest BCUT2D eigenvalue weighted by molar-refractivity contribution is -0.124. The van der Waals surface area contributed by atoms with Crippen LogP contribution < -0.4 is 5.43 Å². The number of halogens is 4. The second-order valence-corrected chi connectivity index (χ2v) is 4.91. The average Bonchev–Trinajstić information content (AvgIpc) is 2.62. The maximum atomic E-state index is 13.0. The highest BCUT2D eigenvalue weighted by molar-refractivity contribution is 6.12. The molecular weight excluding hydrogens is 336 g/mol. The molecule has 0 spiro atoms. The minimum atomic E-state index is -3.36. The van der Waals surface area contributed by atoms with E-state index in [-0.39, 0.29) is 6.08 Å². The van der Waals surface area contributed by atoms with Gasteiger partial charge in [0.25, 0.3) is 12.9 Å². The van der Waals surface area contributed by atoms with Gasteiger partial charge in [-0.3, -0.25) is 10.2 Å². The van der Waals surface area contributed by atoms with Gasteiger partial charge in [-0.25, -0.2) is 17.6 Å². The van der Waals surface area contributed by atoms with Crippen LogP contribution in [0.2, 0.25) is 0 Å². The van der Waals surface area contributed by atoms with Crippen molar-refractivity contribution < 1.29 is 22.4 Å². The highest BCUT2D eigenvalue weighted by Gasteiger charge is 2.18. The SMILES string of the molecule is O=C(C=C(NN=C(c1ccccc1)c1ccccc1)C(F)F)C(F)F. The molecule has 7 heteroatoms. The third kappa shape index (κ3) is 5.27. The molecular formula is C18H14F4N2O. The normalized spacial score (nSPS) is 11.5. The number of carbonyl (C=O) groups is 1. The van der Waals surface area contributed by atoms with Crippen molar-refractivity contribution in [2.75, 3.05) is 0 Å². The molecule has 0 saturated carbocycles. The zero-order valence-corrected chi connectivity index (χ0v) is 12.9. The smallest absolute Gasteiger partial charge is 0.288 e. The molecule has 0 aromatic heterocycles. The van der Waals surface area contributed by atoms with E-state index in [2.05, 4.69) is 5.10 Å². The fourth-order valence-corrected chi connectivity index (χ4v) is 1.97. The van der Waals surface area contributed by atoms with E-state index in [1.807, 2.05) is 5.43 Å². The van der Waals surface area contributed by atoms with Crippen molar-refractivity contribution in [2.45, 2.75) is 12.9 Å². The third-order valence-electron chi connectivity index (χ3n) is 3.14. The van der Waals surface area contributed by atoms with Gasteiger partial charge in [0.2, 0.25) is 5.78 Å². The molecule has 2 aromatic rings. The fraction of sp³-hybridized carbons (Fsp3) is 0.111. The highest BCUT2D eigenvalue weighted by Crippen LogP contribution is 2.12. The Morgan fingerprint density at radius 2 is 1.32 bits per heavy atom. The number of nitrogens with zero attached hydrogens (tertiary/aromatic N) is 1. The lowest BCUT2D eigenvalue weighted by Gasteiger charge is -2.10. The van der Waals surface area contributed by atoms with Crippen molar-refractivity contribution in [3.8, 4) is 0 Å². The van der Waals surface area contributed by atoms with Gasteiger partial charge >= 0.3 is 0 Å². The van der Waals surface area contributed by atoms with E-state index < -0.39 is 24.3 Å². The summed E-state index contributed by atoms with van der Waals surface area (Å²) in [6, 6.07) is 17.5. The summed E-state index contributed by atoms with van der Waals surface area (Å²) < 4.78 is 50.5. The maximum Gasteiger partial charge on any atom is 0.299 e. The van der Waals surface area contributed by atoms with Crippen LogP contribution in [0.3, 0.4) is 0 Å². The number of hydrogen-bond donors (Lipinski definition) is 1. The summed E-state index contributed by atoms with van der Waals surface area (Å²) in [6.45, 7) is 0. The van der Waals surface area contributed by atoms with Gasteiger partial charge in [-0.2, -0.15) is 5.10 Å².